The zero-order valence-electron chi connectivity index (χ0n) is 10.2. The molecule has 1 saturated heterocycles. The number of likely N-dealkylation sites (tertiary alicyclic amines) is 1. The number of carbonyl (C=O) groups excluding carboxylic acids is 1. The van der Waals surface area contributed by atoms with Crippen LogP contribution in [0.15, 0.2) is 18.2 Å². The van der Waals surface area contributed by atoms with E-state index in [0.717, 1.165) is 0 Å². The highest BCUT2D eigenvalue weighted by Gasteiger charge is 2.24. The first kappa shape index (κ1) is 12.8. The standard InChI is InChI=1S/C13H16FNO3/c1-18-10-2-3-11(12(14)8-10)13(17)15-6-4-9(16)5-7-15/h2-3,8-9,16H,4-7H2,1H3. The van der Waals surface area contributed by atoms with Gasteiger partial charge in [-0.1, -0.05) is 0 Å². The molecule has 0 atom stereocenters. The average molecular weight is 253 g/mol. The van der Waals surface area contributed by atoms with E-state index >= 15 is 0 Å². The number of ether oxygens (including phenoxy) is 1. The Balaban J connectivity index is 2.13. The lowest BCUT2D eigenvalue weighted by Crippen LogP contribution is -2.40. The predicted octanol–water partition coefficient (Wildman–Crippen LogP) is 1.43. The Labute approximate surface area is 105 Å². The maximum atomic E-state index is 13.7. The number of nitrogens with zero attached hydrogens (tertiary/aromatic N) is 1. The van der Waals surface area contributed by atoms with Crippen molar-refractivity contribution in [1.82, 2.24) is 4.90 Å². The van der Waals surface area contributed by atoms with Gasteiger partial charge in [0.1, 0.15) is 11.6 Å². The molecule has 1 amide bonds. The lowest BCUT2D eigenvalue weighted by atomic mass is 10.1. The lowest BCUT2D eigenvalue weighted by molar-refractivity contribution is 0.0542. The van der Waals surface area contributed by atoms with E-state index in [1.807, 2.05) is 0 Å². The lowest BCUT2D eigenvalue weighted by Gasteiger charge is -2.29. The maximum Gasteiger partial charge on any atom is 0.256 e. The molecule has 4 nitrogen and oxygen atoms in total. The van der Waals surface area contributed by atoms with Gasteiger partial charge in [0.25, 0.3) is 5.91 Å². The molecule has 1 fully saturated rings. The number of aliphatic hydroxyl groups excluding tert-OH is 1. The highest BCUT2D eigenvalue weighted by molar-refractivity contribution is 5.94. The second kappa shape index (κ2) is 5.35. The van der Waals surface area contributed by atoms with Crippen LogP contribution in [0.2, 0.25) is 0 Å². The number of rotatable bonds is 2. The van der Waals surface area contributed by atoms with Gasteiger partial charge in [-0.2, -0.15) is 0 Å². The average Bonchev–Trinajstić information content (AvgIpc) is 2.38. The summed E-state index contributed by atoms with van der Waals surface area (Å²) >= 11 is 0. The van der Waals surface area contributed by atoms with Gasteiger partial charge < -0.3 is 14.7 Å². The van der Waals surface area contributed by atoms with Gasteiger partial charge in [-0.3, -0.25) is 4.79 Å². The minimum absolute atomic E-state index is 0.0483. The van der Waals surface area contributed by atoms with Crippen molar-refractivity contribution in [3.05, 3.63) is 29.6 Å². The van der Waals surface area contributed by atoms with Crippen LogP contribution in [0.4, 0.5) is 4.39 Å². The van der Waals surface area contributed by atoms with E-state index in [4.69, 9.17) is 4.74 Å². The van der Waals surface area contributed by atoms with Gasteiger partial charge in [0, 0.05) is 19.2 Å². The molecular formula is C13H16FNO3. The molecule has 1 aliphatic rings. The third kappa shape index (κ3) is 2.61. The number of amides is 1. The van der Waals surface area contributed by atoms with E-state index in [1.54, 1.807) is 11.0 Å². The van der Waals surface area contributed by atoms with Crippen molar-refractivity contribution in [3.63, 3.8) is 0 Å². The Morgan fingerprint density at radius 2 is 2.11 bits per heavy atom. The van der Waals surface area contributed by atoms with Crippen LogP contribution < -0.4 is 4.74 Å². The van der Waals surface area contributed by atoms with Crippen LogP contribution in [0.5, 0.6) is 5.75 Å². The van der Waals surface area contributed by atoms with Gasteiger partial charge in [0.2, 0.25) is 0 Å². The first-order valence-electron chi connectivity index (χ1n) is 5.92. The minimum Gasteiger partial charge on any atom is -0.497 e. The SMILES string of the molecule is COc1ccc(C(=O)N2CCC(O)CC2)c(F)c1. The molecule has 1 aliphatic heterocycles. The Kier molecular flexibility index (Phi) is 3.81. The molecule has 0 spiro atoms. The van der Waals surface area contributed by atoms with E-state index in [-0.39, 0.29) is 17.6 Å². The van der Waals surface area contributed by atoms with Gasteiger partial charge in [-0.15, -0.1) is 0 Å². The molecular weight excluding hydrogens is 237 g/mol. The Morgan fingerprint density at radius 1 is 1.44 bits per heavy atom. The molecule has 1 heterocycles. The molecule has 1 aromatic rings. The van der Waals surface area contributed by atoms with E-state index in [1.165, 1.54) is 19.2 Å². The normalized spacial score (nSPS) is 16.7. The summed E-state index contributed by atoms with van der Waals surface area (Å²) in [6, 6.07) is 4.20. The zero-order chi connectivity index (χ0) is 13.1. The molecule has 5 heteroatoms. The summed E-state index contributed by atoms with van der Waals surface area (Å²) in [5.74, 6) is -0.523. The quantitative estimate of drug-likeness (QED) is 0.867. The number of hydrogen-bond donors (Lipinski definition) is 1. The molecule has 98 valence electrons. The summed E-state index contributed by atoms with van der Waals surface area (Å²) in [6.45, 7) is 0.928. The first-order valence-corrected chi connectivity index (χ1v) is 5.92. The van der Waals surface area contributed by atoms with Crippen molar-refractivity contribution in [1.29, 1.82) is 0 Å². The number of aliphatic hydroxyl groups is 1. The van der Waals surface area contributed by atoms with Crippen LogP contribution in [0, 0.1) is 5.82 Å². The number of piperidine rings is 1. The van der Waals surface area contributed by atoms with Crippen molar-refractivity contribution in [2.45, 2.75) is 18.9 Å². The number of carbonyl (C=O) groups is 1. The van der Waals surface area contributed by atoms with Crippen molar-refractivity contribution in [2.75, 3.05) is 20.2 Å². The predicted molar refractivity (Wildman–Crippen MR) is 64.1 cm³/mol. The van der Waals surface area contributed by atoms with E-state index in [9.17, 15) is 14.3 Å². The largest absolute Gasteiger partial charge is 0.497 e. The van der Waals surface area contributed by atoms with Gasteiger partial charge in [-0.05, 0) is 25.0 Å². The van der Waals surface area contributed by atoms with Crippen LogP contribution >= 0.6 is 0 Å². The maximum absolute atomic E-state index is 13.7. The first-order chi connectivity index (χ1) is 8.61. The molecule has 0 saturated carbocycles. The highest BCUT2D eigenvalue weighted by atomic mass is 19.1. The number of benzene rings is 1. The summed E-state index contributed by atoms with van der Waals surface area (Å²) in [4.78, 5) is 13.7. The van der Waals surface area contributed by atoms with Gasteiger partial charge >= 0.3 is 0 Å². The topological polar surface area (TPSA) is 49.8 Å². The molecule has 0 radical (unpaired) electrons. The Bertz CT molecular complexity index is 442. The second-order valence-electron chi connectivity index (χ2n) is 4.37. The summed E-state index contributed by atoms with van der Waals surface area (Å²) in [5.41, 5.74) is 0.0483. The monoisotopic (exact) mass is 253 g/mol. The summed E-state index contributed by atoms with van der Waals surface area (Å²) in [7, 11) is 1.45. The van der Waals surface area contributed by atoms with Gasteiger partial charge in [0.15, 0.2) is 0 Å². The van der Waals surface area contributed by atoms with Gasteiger partial charge in [0.05, 0.1) is 18.8 Å². The van der Waals surface area contributed by atoms with Crippen LogP contribution in [-0.2, 0) is 0 Å². The highest BCUT2D eigenvalue weighted by Crippen LogP contribution is 2.19. The van der Waals surface area contributed by atoms with Crippen LogP contribution in [0.1, 0.15) is 23.2 Å². The molecule has 0 aliphatic carbocycles. The van der Waals surface area contributed by atoms with Gasteiger partial charge in [-0.25, -0.2) is 4.39 Å². The van der Waals surface area contributed by atoms with E-state index in [2.05, 4.69) is 0 Å². The molecule has 2 rings (SSSR count). The molecule has 0 bridgehead atoms. The molecule has 0 unspecified atom stereocenters. The van der Waals surface area contributed by atoms with Crippen LogP contribution in [0.25, 0.3) is 0 Å². The third-order valence-electron chi connectivity index (χ3n) is 3.16. The molecule has 1 N–H and O–H groups in total. The summed E-state index contributed by atoms with van der Waals surface area (Å²) in [5, 5.41) is 9.37. The fourth-order valence-corrected chi connectivity index (χ4v) is 2.04. The molecule has 18 heavy (non-hydrogen) atoms. The van der Waals surface area contributed by atoms with Crippen molar-refractivity contribution >= 4 is 5.91 Å². The number of halogens is 1. The smallest absolute Gasteiger partial charge is 0.256 e. The third-order valence-corrected chi connectivity index (χ3v) is 3.16. The van der Waals surface area contributed by atoms with Crippen molar-refractivity contribution < 1.29 is 19.0 Å². The Morgan fingerprint density at radius 3 is 2.67 bits per heavy atom. The Hall–Kier alpha value is -1.62. The number of hydrogen-bond acceptors (Lipinski definition) is 3. The molecule has 0 aromatic heterocycles. The van der Waals surface area contributed by atoms with Crippen molar-refractivity contribution in [2.24, 2.45) is 0 Å². The minimum atomic E-state index is -0.578. The van der Waals surface area contributed by atoms with E-state index < -0.39 is 5.82 Å². The summed E-state index contributed by atoms with van der Waals surface area (Å²) < 4.78 is 18.6. The number of methoxy groups -OCH3 is 1. The van der Waals surface area contributed by atoms with E-state index in [0.29, 0.717) is 31.7 Å². The zero-order valence-corrected chi connectivity index (χ0v) is 10.2. The molecule has 1 aromatic carbocycles. The van der Waals surface area contributed by atoms with Crippen LogP contribution in [-0.4, -0.2) is 42.2 Å². The summed E-state index contributed by atoms with van der Waals surface area (Å²) in [6.07, 6.45) is 0.738. The fourth-order valence-electron chi connectivity index (χ4n) is 2.04. The van der Waals surface area contributed by atoms with Crippen LogP contribution in [0.3, 0.4) is 0 Å². The second-order valence-corrected chi connectivity index (χ2v) is 4.37. The fraction of sp³-hybridized carbons (Fsp3) is 0.462. The van der Waals surface area contributed by atoms with Crippen molar-refractivity contribution in [3.8, 4) is 5.75 Å².